The molecule has 0 saturated heterocycles. The molecule has 12 heteroatoms. The van der Waals surface area contributed by atoms with Crippen LogP contribution in [0.15, 0.2) is 154 Å². The fourth-order valence-electron chi connectivity index (χ4n) is 19.3. The van der Waals surface area contributed by atoms with Gasteiger partial charge < -0.3 is 43.8 Å². The minimum absolute atomic E-state index is 0.00497. The molecule has 0 amide bonds. The van der Waals surface area contributed by atoms with E-state index < -0.39 is 54.7 Å². The van der Waals surface area contributed by atoms with Crippen LogP contribution >= 0.6 is 0 Å². The summed E-state index contributed by atoms with van der Waals surface area (Å²) in [6.07, 6.45) is 21.6. The molecule has 12 nitrogen and oxygen atoms in total. The highest BCUT2D eigenvalue weighted by Crippen LogP contribution is 2.64. The van der Waals surface area contributed by atoms with Crippen LogP contribution in [0.3, 0.4) is 0 Å². The number of ether oxygens (including phenoxy) is 4. The van der Waals surface area contributed by atoms with Crippen LogP contribution < -0.4 is 10.4 Å². The summed E-state index contributed by atoms with van der Waals surface area (Å²) < 4.78 is 33.9. The summed E-state index contributed by atoms with van der Waals surface area (Å²) >= 11 is 0. The maximum absolute atomic E-state index is 16.1. The average molecular weight is 1200 g/mol. The molecule has 3 aliphatic heterocycles. The maximum Gasteiger partial charge on any atom is 0.340 e. The fraction of sp³-hybridized carbons (Fsp3) is 0.442. The van der Waals surface area contributed by atoms with E-state index in [-0.39, 0.29) is 115 Å². The summed E-state index contributed by atoms with van der Waals surface area (Å²) in [6.45, 7) is -0.333. The Morgan fingerprint density at radius 1 is 0.753 bits per heavy atom. The first-order chi connectivity index (χ1) is 43.6. The molecule has 7 aliphatic carbocycles. The number of aliphatic hydroxyl groups is 4. The number of aryl methyl sites for hydroxylation is 2. The van der Waals surface area contributed by atoms with Gasteiger partial charge in [-0.15, -0.1) is 0 Å². The standard InChI is InChI=1S/C77H80O12/c1-44(40-79)54-28-20-45-18-21-47(22-19-45)55-29-25-49(57-14-7-17-65-60(57)31-27-53-12-6-11-52-26-23-48-10-3-5-16-64(48)77(52,53)65)37-51(55)38-68(82)86-72-70-67(33-32-61-63(41-80)69(75(84)87-71(61)70)50(34-36-78)42-85-43-81)89-76(73(72)88-74(54)83)35-8-15-59-58-30-24-46-9-2-4-13-56(46)62(58)39-66(59)76/h2-5,7-10,13-19,21-22,24-25,29-30,32-33,49-53,55,58-59,62,66,72-73,78-81H,6,11-12,20,23,26-28,31,34-43H2,1H3. The Bertz CT molecular complexity index is 3930. The van der Waals surface area contributed by atoms with E-state index in [1.807, 2.05) is 0 Å². The lowest BCUT2D eigenvalue weighted by atomic mass is 9.46. The van der Waals surface area contributed by atoms with Gasteiger partial charge in [-0.05, 0) is 186 Å². The Kier molecular flexibility index (Phi) is 15.4. The second-order valence-corrected chi connectivity index (χ2v) is 27.2. The predicted molar refractivity (Wildman–Crippen MR) is 338 cm³/mol. The minimum atomic E-state index is -1.41. The van der Waals surface area contributed by atoms with Crippen molar-refractivity contribution in [3.05, 3.63) is 222 Å². The lowest BCUT2D eigenvalue weighted by Gasteiger charge is -2.57. The topological polar surface area (TPSA) is 182 Å². The first-order valence-corrected chi connectivity index (χ1v) is 32.9. The van der Waals surface area contributed by atoms with E-state index in [9.17, 15) is 25.2 Å². The number of hydrogen-bond acceptors (Lipinski definition) is 12. The minimum Gasteiger partial charge on any atom is -0.482 e. The van der Waals surface area contributed by atoms with Crippen molar-refractivity contribution >= 4 is 29.0 Å². The third-order valence-electron chi connectivity index (χ3n) is 23.2. The van der Waals surface area contributed by atoms with Crippen molar-refractivity contribution in [3.8, 4) is 5.75 Å². The van der Waals surface area contributed by atoms with Gasteiger partial charge >= 0.3 is 17.6 Å². The van der Waals surface area contributed by atoms with Gasteiger partial charge in [0, 0.05) is 65.1 Å². The van der Waals surface area contributed by atoms with Crippen LogP contribution in [0.25, 0.3) is 17.0 Å². The van der Waals surface area contributed by atoms with Crippen molar-refractivity contribution in [2.75, 3.05) is 26.6 Å². The zero-order chi connectivity index (χ0) is 60.7. The highest BCUT2D eigenvalue weighted by Gasteiger charge is 2.65. The van der Waals surface area contributed by atoms with Crippen molar-refractivity contribution in [2.45, 2.75) is 150 Å². The number of allylic oxidation sites excluding steroid dienone is 4. The molecule has 6 aromatic rings. The Hall–Kier alpha value is -7.19. The van der Waals surface area contributed by atoms with Crippen molar-refractivity contribution in [3.63, 3.8) is 0 Å². The second kappa shape index (κ2) is 23.6. The number of aliphatic hydroxyl groups excluding tert-OH is 4. The van der Waals surface area contributed by atoms with E-state index in [1.54, 1.807) is 19.1 Å². The van der Waals surface area contributed by atoms with Crippen LogP contribution in [-0.2, 0) is 55.1 Å². The van der Waals surface area contributed by atoms with Gasteiger partial charge in [0.05, 0.1) is 25.4 Å². The number of esters is 2. The van der Waals surface area contributed by atoms with E-state index in [2.05, 4.69) is 127 Å². The molecule has 10 aliphatic rings. The molecule has 4 N–H and O–H groups in total. The predicted octanol–water partition coefficient (Wildman–Crippen LogP) is 12.8. The summed E-state index contributed by atoms with van der Waals surface area (Å²) in [4.78, 5) is 46.5. The molecular formula is C77H80O12. The van der Waals surface area contributed by atoms with Gasteiger partial charge in [0.15, 0.2) is 17.8 Å². The van der Waals surface area contributed by atoms with Gasteiger partial charge in [-0.1, -0.05) is 134 Å². The molecule has 5 aromatic carbocycles. The summed E-state index contributed by atoms with van der Waals surface area (Å²) in [5.74, 6) is -1.04. The van der Waals surface area contributed by atoms with Gasteiger partial charge in [0.25, 0.3) is 0 Å². The van der Waals surface area contributed by atoms with E-state index in [0.717, 1.165) is 36.0 Å². The lowest BCUT2D eigenvalue weighted by molar-refractivity contribution is -0.205. The van der Waals surface area contributed by atoms with Crippen LogP contribution in [-0.4, -0.2) is 70.7 Å². The molecule has 0 radical (unpaired) electrons. The Morgan fingerprint density at radius 2 is 1.55 bits per heavy atom. The number of carbonyl (C=O) groups is 2. The van der Waals surface area contributed by atoms with Gasteiger partial charge in [-0.2, -0.15) is 0 Å². The van der Waals surface area contributed by atoms with Crippen LogP contribution in [0.4, 0.5) is 0 Å². The zero-order valence-electron chi connectivity index (χ0n) is 50.7. The number of carbonyl (C=O) groups excluding carboxylic acids is 2. The first kappa shape index (κ1) is 58.2. The van der Waals surface area contributed by atoms with Crippen molar-refractivity contribution < 1.29 is 53.4 Å². The first-order valence-electron chi connectivity index (χ1n) is 32.9. The molecular weight excluding hydrogens is 1120 g/mol. The Balaban J connectivity index is 0.884. The summed E-state index contributed by atoms with van der Waals surface area (Å²) in [6, 6.07) is 36.9. The third-order valence-corrected chi connectivity index (χ3v) is 23.2. The van der Waals surface area contributed by atoms with Crippen LogP contribution in [0.1, 0.15) is 174 Å². The number of fused-ring (bicyclic) bond motifs is 19. The summed E-state index contributed by atoms with van der Waals surface area (Å²) in [5, 5.41) is 42.5. The normalized spacial score (nSPS) is 31.4. The largest absolute Gasteiger partial charge is 0.482 e. The van der Waals surface area contributed by atoms with Gasteiger partial charge in [0.2, 0.25) is 0 Å². The molecule has 14 atom stereocenters. The molecule has 2 bridgehead atoms. The molecule has 2 spiro atoms. The van der Waals surface area contributed by atoms with Gasteiger partial charge in [-0.25, -0.2) is 9.59 Å². The van der Waals surface area contributed by atoms with Crippen LogP contribution in [0, 0.1) is 35.5 Å². The molecule has 2 fully saturated rings. The molecule has 1 aromatic heterocycles. The van der Waals surface area contributed by atoms with Crippen LogP contribution in [0.2, 0.25) is 0 Å². The molecule has 89 heavy (non-hydrogen) atoms. The quantitative estimate of drug-likeness (QED) is 0.0354. The van der Waals surface area contributed by atoms with Crippen molar-refractivity contribution in [1.82, 2.24) is 0 Å². The van der Waals surface area contributed by atoms with E-state index in [1.165, 1.54) is 59.1 Å². The molecule has 14 unspecified atom stereocenters. The van der Waals surface area contributed by atoms with Crippen molar-refractivity contribution in [1.29, 1.82) is 0 Å². The fourth-order valence-corrected chi connectivity index (χ4v) is 19.3. The monoisotopic (exact) mass is 1200 g/mol. The Labute approximate surface area is 520 Å². The SMILES string of the molecule is CC(CO)=C1CCc2ccc(cc2)C2C=CC(c3cccc4c3CCC3CCCC5CCc6ccccc6C453)CC2CC(=O)OC2c3c(ccc4c(CO)c(C(CCO)COCO)c(=O)oc34)OC3(CC=CC4C5C=Cc6ccccc6C5CC43)C2OC1=O. The lowest BCUT2D eigenvalue weighted by Crippen LogP contribution is -2.61. The smallest absolute Gasteiger partial charge is 0.340 e. The van der Waals surface area contributed by atoms with E-state index in [0.29, 0.717) is 53.4 Å². The van der Waals surface area contributed by atoms with E-state index >= 15 is 9.59 Å². The third kappa shape index (κ3) is 9.50. The number of hydrogen-bond donors (Lipinski definition) is 4. The molecule has 2 saturated carbocycles. The number of benzene rings is 5. The van der Waals surface area contributed by atoms with Crippen molar-refractivity contribution in [2.24, 2.45) is 35.5 Å². The molecule has 460 valence electrons. The summed E-state index contributed by atoms with van der Waals surface area (Å²) in [5.41, 5.74) is 10.9. The molecule has 4 heterocycles. The van der Waals surface area contributed by atoms with Gasteiger partial charge in [0.1, 0.15) is 18.1 Å². The summed E-state index contributed by atoms with van der Waals surface area (Å²) in [7, 11) is 0. The van der Waals surface area contributed by atoms with Crippen LogP contribution in [0.5, 0.6) is 5.75 Å². The van der Waals surface area contributed by atoms with Gasteiger partial charge in [-0.3, -0.25) is 4.79 Å². The highest BCUT2D eigenvalue weighted by molar-refractivity contribution is 5.91. The maximum atomic E-state index is 16.1. The highest BCUT2D eigenvalue weighted by atomic mass is 16.6. The van der Waals surface area contributed by atoms with E-state index in [4.69, 9.17) is 23.4 Å². The molecule has 16 rings (SSSR count). The number of rotatable bonds is 9. The zero-order valence-corrected chi connectivity index (χ0v) is 50.7. The second-order valence-electron chi connectivity index (χ2n) is 27.2. The average Bonchev–Trinajstić information content (AvgIpc) is 1.52. The Morgan fingerprint density at radius 3 is 2.37 bits per heavy atom.